The maximum absolute atomic E-state index is 5.45. The van der Waals surface area contributed by atoms with Crippen LogP contribution in [0.2, 0.25) is 25.2 Å². The Morgan fingerprint density at radius 3 is 2.67 bits per heavy atom. The molecule has 0 aliphatic carbocycles. The van der Waals surface area contributed by atoms with Gasteiger partial charge in [0.2, 0.25) is 0 Å². The van der Waals surface area contributed by atoms with Gasteiger partial charge in [-0.25, -0.2) is 0 Å². The minimum Gasteiger partial charge on any atom is -0.370 e. The normalized spacial score (nSPS) is 46.0. The summed E-state index contributed by atoms with van der Waals surface area (Å²) in [5.74, 6) is 0. The molecule has 0 aromatic carbocycles. The molecule has 2 aliphatic rings. The lowest BCUT2D eigenvalue weighted by Gasteiger charge is -2.23. The summed E-state index contributed by atoms with van der Waals surface area (Å²) in [4.78, 5) is 0. The second-order valence-electron chi connectivity index (χ2n) is 4.12. The Kier molecular flexibility index (Phi) is 1.06. The molecule has 9 heavy (non-hydrogen) atoms. The lowest BCUT2D eigenvalue weighted by atomic mass is 10.3. The Morgan fingerprint density at radius 2 is 2.11 bits per heavy atom. The van der Waals surface area contributed by atoms with Gasteiger partial charge in [-0.1, -0.05) is 19.1 Å². The predicted molar refractivity (Wildman–Crippen MR) is 40.4 cm³/mol. The molecule has 2 atom stereocenters. The first-order chi connectivity index (χ1) is 4.17. The van der Waals surface area contributed by atoms with Crippen LogP contribution in [0.25, 0.3) is 0 Å². The van der Waals surface area contributed by atoms with E-state index >= 15 is 0 Å². The van der Waals surface area contributed by atoms with Gasteiger partial charge >= 0.3 is 0 Å². The second-order valence-corrected chi connectivity index (χ2v) is 9.36. The van der Waals surface area contributed by atoms with Crippen LogP contribution in [0.1, 0.15) is 6.42 Å². The van der Waals surface area contributed by atoms with Gasteiger partial charge in [0, 0.05) is 0 Å². The quantitative estimate of drug-likeness (QED) is 0.371. The van der Waals surface area contributed by atoms with Crippen molar-refractivity contribution in [2.24, 2.45) is 0 Å². The van der Waals surface area contributed by atoms with Gasteiger partial charge in [0.1, 0.15) is 0 Å². The van der Waals surface area contributed by atoms with E-state index in [-0.39, 0.29) is 0 Å². The zero-order valence-electron chi connectivity index (χ0n) is 6.18. The minimum absolute atomic E-state index is 0.700. The third-order valence-corrected chi connectivity index (χ3v) is 5.70. The van der Waals surface area contributed by atoms with E-state index in [0.29, 0.717) is 12.2 Å². The standard InChI is InChI=1S/C7H14OSi/c1-9(2)4-3-6-7(5-9)8-6/h6-7H,3-5H2,1-2H3/t6-,7+/m1/s1. The number of rotatable bonds is 0. The zero-order chi connectivity index (χ0) is 6.48. The maximum Gasteiger partial charge on any atom is 0.0836 e. The van der Waals surface area contributed by atoms with Gasteiger partial charge in [0.15, 0.2) is 0 Å². The molecule has 2 heteroatoms. The number of fused-ring (bicyclic) bond motifs is 1. The van der Waals surface area contributed by atoms with Crippen LogP contribution in [-0.4, -0.2) is 20.3 Å². The number of epoxide rings is 1. The smallest absolute Gasteiger partial charge is 0.0836 e. The van der Waals surface area contributed by atoms with E-state index in [2.05, 4.69) is 13.1 Å². The molecular formula is C7H14OSi. The van der Waals surface area contributed by atoms with Crippen molar-refractivity contribution in [1.82, 2.24) is 0 Å². The van der Waals surface area contributed by atoms with Gasteiger partial charge in [0.05, 0.1) is 20.3 Å². The Bertz CT molecular complexity index is 133. The van der Waals surface area contributed by atoms with Crippen molar-refractivity contribution in [3.05, 3.63) is 0 Å². The summed E-state index contributed by atoms with van der Waals surface area (Å²) in [6.07, 6.45) is 2.77. The van der Waals surface area contributed by atoms with Crippen LogP contribution in [0.3, 0.4) is 0 Å². The third-order valence-electron chi connectivity index (χ3n) is 2.55. The van der Waals surface area contributed by atoms with E-state index in [4.69, 9.17) is 4.74 Å². The molecule has 0 saturated carbocycles. The zero-order valence-corrected chi connectivity index (χ0v) is 7.18. The van der Waals surface area contributed by atoms with Crippen LogP contribution in [0.4, 0.5) is 0 Å². The van der Waals surface area contributed by atoms with E-state index in [9.17, 15) is 0 Å². The van der Waals surface area contributed by atoms with Crippen molar-refractivity contribution in [2.45, 2.75) is 43.8 Å². The average molecular weight is 142 g/mol. The SMILES string of the molecule is C[Si]1(C)CC[C@H]2O[C@H]2C1. The lowest BCUT2D eigenvalue weighted by molar-refractivity contribution is 0.379. The van der Waals surface area contributed by atoms with E-state index in [1.807, 2.05) is 0 Å². The van der Waals surface area contributed by atoms with Crippen molar-refractivity contribution < 1.29 is 4.74 Å². The van der Waals surface area contributed by atoms with E-state index in [1.165, 1.54) is 18.5 Å². The van der Waals surface area contributed by atoms with Crippen molar-refractivity contribution in [2.75, 3.05) is 0 Å². The Morgan fingerprint density at radius 1 is 1.33 bits per heavy atom. The van der Waals surface area contributed by atoms with Gasteiger partial charge in [-0.15, -0.1) is 0 Å². The fraction of sp³-hybridized carbons (Fsp3) is 1.00. The summed E-state index contributed by atoms with van der Waals surface area (Å²) in [5, 5.41) is 0. The summed E-state index contributed by atoms with van der Waals surface area (Å²) < 4.78 is 5.45. The molecule has 2 aliphatic heterocycles. The van der Waals surface area contributed by atoms with E-state index in [0.717, 1.165) is 0 Å². The highest BCUT2D eigenvalue weighted by Gasteiger charge is 2.47. The average Bonchev–Trinajstić information content (AvgIpc) is 2.41. The summed E-state index contributed by atoms with van der Waals surface area (Å²) in [6.45, 7) is 4.95. The molecule has 0 aromatic rings. The largest absolute Gasteiger partial charge is 0.370 e. The molecule has 52 valence electrons. The number of ether oxygens (including phenoxy) is 1. The summed E-state index contributed by atoms with van der Waals surface area (Å²) in [7, 11) is -0.737. The molecule has 2 heterocycles. The fourth-order valence-corrected chi connectivity index (χ4v) is 4.51. The first-order valence-corrected chi connectivity index (χ1v) is 7.24. The minimum atomic E-state index is -0.737. The van der Waals surface area contributed by atoms with Crippen LogP contribution in [-0.2, 0) is 4.74 Å². The molecule has 0 spiro atoms. The fourth-order valence-electron chi connectivity index (χ4n) is 1.79. The lowest BCUT2D eigenvalue weighted by Crippen LogP contribution is -2.31. The Balaban J connectivity index is 2.01. The van der Waals surface area contributed by atoms with E-state index in [1.54, 1.807) is 0 Å². The first-order valence-electron chi connectivity index (χ1n) is 3.83. The van der Waals surface area contributed by atoms with Crippen LogP contribution >= 0.6 is 0 Å². The van der Waals surface area contributed by atoms with E-state index < -0.39 is 8.07 Å². The van der Waals surface area contributed by atoms with Crippen molar-refractivity contribution in [3.63, 3.8) is 0 Å². The van der Waals surface area contributed by atoms with Crippen molar-refractivity contribution in [1.29, 1.82) is 0 Å². The highest BCUT2D eigenvalue weighted by molar-refractivity contribution is 6.77. The number of hydrogen-bond acceptors (Lipinski definition) is 1. The molecule has 0 bridgehead atoms. The first kappa shape index (κ1) is 5.92. The van der Waals surface area contributed by atoms with Gasteiger partial charge in [-0.3, -0.25) is 0 Å². The topological polar surface area (TPSA) is 12.5 Å². The van der Waals surface area contributed by atoms with Crippen molar-refractivity contribution in [3.8, 4) is 0 Å². The molecule has 0 unspecified atom stereocenters. The molecule has 0 aromatic heterocycles. The highest BCUT2D eigenvalue weighted by Crippen LogP contribution is 2.41. The van der Waals surface area contributed by atoms with Crippen molar-refractivity contribution >= 4 is 8.07 Å². The summed E-state index contributed by atoms with van der Waals surface area (Å²) >= 11 is 0. The molecule has 2 saturated heterocycles. The number of hydrogen-bond donors (Lipinski definition) is 0. The Hall–Kier alpha value is 0.177. The monoisotopic (exact) mass is 142 g/mol. The molecule has 0 amide bonds. The van der Waals surface area contributed by atoms with Gasteiger partial charge in [-0.2, -0.15) is 0 Å². The summed E-state index contributed by atoms with van der Waals surface area (Å²) in [5.41, 5.74) is 0. The van der Waals surface area contributed by atoms with Crippen LogP contribution in [0.5, 0.6) is 0 Å². The molecule has 2 rings (SSSR count). The summed E-state index contributed by atoms with van der Waals surface area (Å²) in [6, 6.07) is 2.92. The maximum atomic E-state index is 5.45. The second kappa shape index (κ2) is 1.61. The Labute approximate surface area is 57.4 Å². The predicted octanol–water partition coefficient (Wildman–Crippen LogP) is 1.87. The molecule has 0 radical (unpaired) electrons. The van der Waals surface area contributed by atoms with Gasteiger partial charge in [-0.05, 0) is 12.5 Å². The van der Waals surface area contributed by atoms with Gasteiger partial charge in [0.25, 0.3) is 0 Å². The van der Waals surface area contributed by atoms with Crippen LogP contribution in [0, 0.1) is 0 Å². The molecule has 2 fully saturated rings. The highest BCUT2D eigenvalue weighted by atomic mass is 28.3. The molecule has 1 nitrogen and oxygen atoms in total. The third kappa shape index (κ3) is 1.06. The van der Waals surface area contributed by atoms with Gasteiger partial charge < -0.3 is 4.74 Å². The van der Waals surface area contributed by atoms with Crippen LogP contribution < -0.4 is 0 Å². The van der Waals surface area contributed by atoms with Crippen LogP contribution in [0.15, 0.2) is 0 Å². The molecular weight excluding hydrogens is 128 g/mol. The molecule has 0 N–H and O–H groups in total.